The predicted molar refractivity (Wildman–Crippen MR) is 117 cm³/mol. The first-order valence-electron chi connectivity index (χ1n) is 10.5. The minimum Gasteiger partial charge on any atom is -0.497 e. The van der Waals surface area contributed by atoms with E-state index in [1.165, 1.54) is 0 Å². The van der Waals surface area contributed by atoms with Gasteiger partial charge in [-0.1, -0.05) is 30.3 Å². The maximum Gasteiger partial charge on any atom is 0.232 e. The summed E-state index contributed by atoms with van der Waals surface area (Å²) in [5.41, 5.74) is 3.35. The number of hydrogen-bond acceptors (Lipinski definition) is 4. The van der Waals surface area contributed by atoms with Crippen molar-refractivity contribution in [3.05, 3.63) is 95.6 Å². The van der Waals surface area contributed by atoms with E-state index in [4.69, 9.17) is 9.15 Å². The molecule has 5 heteroatoms. The number of hydrogen-bond donors (Lipinski definition) is 0. The number of Topliss-reactive ketones (excluding diaryl/α,β-unsaturated/α-hetero) is 1. The lowest BCUT2D eigenvalue weighted by Crippen LogP contribution is -2.41. The number of carbonyl (C=O) groups is 2. The molecule has 31 heavy (non-hydrogen) atoms. The summed E-state index contributed by atoms with van der Waals surface area (Å²) in [6.07, 6.45) is 2.86. The highest BCUT2D eigenvalue weighted by molar-refractivity contribution is 6.07. The summed E-state index contributed by atoms with van der Waals surface area (Å²) in [4.78, 5) is 28.5. The monoisotopic (exact) mass is 413 g/mol. The van der Waals surface area contributed by atoms with Crippen molar-refractivity contribution in [2.45, 2.75) is 31.1 Å². The molecule has 156 valence electrons. The van der Waals surface area contributed by atoms with Crippen LogP contribution in [0.2, 0.25) is 0 Å². The molecule has 0 N–H and O–H groups in total. The van der Waals surface area contributed by atoms with E-state index in [0.29, 0.717) is 24.2 Å². The summed E-state index contributed by atoms with van der Waals surface area (Å²) < 4.78 is 10.9. The van der Waals surface area contributed by atoms with E-state index < -0.39 is 0 Å². The zero-order valence-electron chi connectivity index (χ0n) is 17.3. The van der Waals surface area contributed by atoms with Gasteiger partial charge in [0.15, 0.2) is 5.78 Å². The van der Waals surface area contributed by atoms with E-state index in [9.17, 15) is 9.59 Å². The van der Waals surface area contributed by atoms with Crippen LogP contribution in [0.25, 0.3) is 0 Å². The number of ketones is 1. The number of ether oxygens (including phenoxy) is 1. The SMILES string of the molecule is COc1ccc(N2C(=O)CC(c3ccco3)C3=C2CC(c2ccccc2)CC3=O)cc1. The number of nitrogens with zero attached hydrogens (tertiary/aromatic N) is 1. The van der Waals surface area contributed by atoms with Gasteiger partial charge >= 0.3 is 0 Å². The van der Waals surface area contributed by atoms with Gasteiger partial charge in [0, 0.05) is 29.8 Å². The van der Waals surface area contributed by atoms with E-state index in [1.807, 2.05) is 48.5 Å². The van der Waals surface area contributed by atoms with Crippen molar-refractivity contribution in [1.82, 2.24) is 0 Å². The van der Waals surface area contributed by atoms with Gasteiger partial charge in [0.1, 0.15) is 11.5 Å². The molecule has 0 spiro atoms. The number of carbonyl (C=O) groups excluding carboxylic acids is 2. The van der Waals surface area contributed by atoms with Gasteiger partial charge in [0.2, 0.25) is 5.91 Å². The minimum absolute atomic E-state index is 0.0353. The fourth-order valence-electron chi connectivity index (χ4n) is 4.76. The summed E-state index contributed by atoms with van der Waals surface area (Å²) >= 11 is 0. The lowest BCUT2D eigenvalue weighted by atomic mass is 9.74. The molecule has 0 saturated carbocycles. The molecule has 1 amide bonds. The van der Waals surface area contributed by atoms with Crippen molar-refractivity contribution in [2.24, 2.45) is 0 Å². The fourth-order valence-corrected chi connectivity index (χ4v) is 4.76. The van der Waals surface area contributed by atoms with Gasteiger partial charge in [-0.25, -0.2) is 0 Å². The summed E-state index contributed by atoms with van der Waals surface area (Å²) in [6.45, 7) is 0. The van der Waals surface area contributed by atoms with Crippen LogP contribution in [0.5, 0.6) is 5.75 Å². The molecule has 1 aromatic heterocycles. The van der Waals surface area contributed by atoms with Crippen LogP contribution in [-0.4, -0.2) is 18.8 Å². The first-order chi connectivity index (χ1) is 15.2. The van der Waals surface area contributed by atoms with E-state index in [2.05, 4.69) is 12.1 Å². The lowest BCUT2D eigenvalue weighted by molar-refractivity contribution is -0.120. The Hall–Kier alpha value is -3.60. The zero-order valence-corrected chi connectivity index (χ0v) is 17.3. The van der Waals surface area contributed by atoms with Crippen molar-refractivity contribution in [1.29, 1.82) is 0 Å². The third-order valence-electron chi connectivity index (χ3n) is 6.22. The molecule has 1 aliphatic carbocycles. The molecule has 2 heterocycles. The number of benzene rings is 2. The highest BCUT2D eigenvalue weighted by atomic mass is 16.5. The molecule has 2 aliphatic rings. The van der Waals surface area contributed by atoms with Crippen molar-refractivity contribution in [3.63, 3.8) is 0 Å². The highest BCUT2D eigenvalue weighted by Crippen LogP contribution is 2.47. The van der Waals surface area contributed by atoms with Crippen LogP contribution in [0.3, 0.4) is 0 Å². The summed E-state index contributed by atoms with van der Waals surface area (Å²) in [7, 11) is 1.61. The topological polar surface area (TPSA) is 59.8 Å². The van der Waals surface area contributed by atoms with Crippen LogP contribution < -0.4 is 9.64 Å². The van der Waals surface area contributed by atoms with E-state index in [1.54, 1.807) is 24.3 Å². The number of methoxy groups -OCH3 is 1. The van der Waals surface area contributed by atoms with Crippen molar-refractivity contribution in [3.8, 4) is 5.75 Å². The lowest BCUT2D eigenvalue weighted by Gasteiger charge is -2.40. The Kier molecular flexibility index (Phi) is 4.94. The Morgan fingerprint density at radius 3 is 2.35 bits per heavy atom. The molecule has 5 rings (SSSR count). The van der Waals surface area contributed by atoms with E-state index >= 15 is 0 Å². The van der Waals surface area contributed by atoms with Gasteiger partial charge in [-0.05, 0) is 54.3 Å². The third-order valence-corrected chi connectivity index (χ3v) is 6.22. The minimum atomic E-state index is -0.337. The largest absolute Gasteiger partial charge is 0.497 e. The maximum atomic E-state index is 13.4. The van der Waals surface area contributed by atoms with Crippen molar-refractivity contribution < 1.29 is 18.7 Å². The normalized spacial score (nSPS) is 21.3. The van der Waals surface area contributed by atoms with Gasteiger partial charge in [-0.15, -0.1) is 0 Å². The number of amides is 1. The molecule has 0 saturated heterocycles. The van der Waals surface area contributed by atoms with Gasteiger partial charge in [-0.3, -0.25) is 14.5 Å². The Morgan fingerprint density at radius 1 is 0.903 bits per heavy atom. The average molecular weight is 413 g/mol. The second-order valence-electron chi connectivity index (χ2n) is 8.00. The quantitative estimate of drug-likeness (QED) is 0.589. The molecule has 2 aromatic carbocycles. The zero-order chi connectivity index (χ0) is 21.4. The summed E-state index contributed by atoms with van der Waals surface area (Å²) in [5, 5.41) is 0. The Balaban J connectivity index is 1.63. The molecule has 2 atom stereocenters. The average Bonchev–Trinajstić information content (AvgIpc) is 3.34. The molecule has 5 nitrogen and oxygen atoms in total. The smallest absolute Gasteiger partial charge is 0.232 e. The first-order valence-corrected chi connectivity index (χ1v) is 10.5. The highest BCUT2D eigenvalue weighted by Gasteiger charge is 2.43. The maximum absolute atomic E-state index is 13.4. The first kappa shape index (κ1) is 19.4. The predicted octanol–water partition coefficient (Wildman–Crippen LogP) is 5.21. The van der Waals surface area contributed by atoms with E-state index in [-0.39, 0.29) is 29.9 Å². The molecule has 0 radical (unpaired) electrons. The standard InChI is InChI=1S/C26H23NO4/c1-30-20-11-9-19(10-12-20)27-22-14-18(17-6-3-2-4-7-17)15-23(28)26(22)21(16-25(27)29)24-8-5-13-31-24/h2-13,18,21H,14-16H2,1H3. The van der Waals surface area contributed by atoms with Crippen molar-refractivity contribution >= 4 is 17.4 Å². The van der Waals surface area contributed by atoms with Gasteiger partial charge in [0.05, 0.1) is 19.3 Å². The number of furan rings is 1. The molecule has 3 aromatic rings. The molecular formula is C26H23NO4. The second-order valence-corrected chi connectivity index (χ2v) is 8.00. The summed E-state index contributed by atoms with van der Waals surface area (Å²) in [6, 6.07) is 21.1. The van der Waals surface area contributed by atoms with Crippen LogP contribution in [0, 0.1) is 0 Å². The number of rotatable bonds is 4. The van der Waals surface area contributed by atoms with Crippen LogP contribution in [0.15, 0.2) is 88.7 Å². The van der Waals surface area contributed by atoms with Crippen molar-refractivity contribution in [2.75, 3.05) is 12.0 Å². The van der Waals surface area contributed by atoms with Gasteiger partial charge in [-0.2, -0.15) is 0 Å². The Bertz CT molecular complexity index is 1130. The van der Waals surface area contributed by atoms with Crippen LogP contribution in [0.4, 0.5) is 5.69 Å². The van der Waals surface area contributed by atoms with E-state index in [0.717, 1.165) is 22.7 Å². The van der Waals surface area contributed by atoms with Crippen LogP contribution in [0.1, 0.15) is 42.4 Å². The molecular weight excluding hydrogens is 390 g/mol. The second kappa shape index (κ2) is 7.91. The summed E-state index contributed by atoms with van der Waals surface area (Å²) in [5.74, 6) is 1.14. The fraction of sp³-hybridized carbons (Fsp3) is 0.231. The Morgan fingerprint density at radius 2 is 1.68 bits per heavy atom. The number of allylic oxidation sites excluding steroid dienone is 2. The third kappa shape index (κ3) is 3.46. The van der Waals surface area contributed by atoms with Crippen LogP contribution in [-0.2, 0) is 9.59 Å². The van der Waals surface area contributed by atoms with Gasteiger partial charge in [0.25, 0.3) is 0 Å². The van der Waals surface area contributed by atoms with Crippen LogP contribution >= 0.6 is 0 Å². The molecule has 0 fully saturated rings. The Labute approximate surface area is 180 Å². The van der Waals surface area contributed by atoms with Gasteiger partial charge < -0.3 is 9.15 Å². The molecule has 1 aliphatic heterocycles. The molecule has 0 bridgehead atoms. The number of anilines is 1. The molecule has 2 unspecified atom stereocenters.